The summed E-state index contributed by atoms with van der Waals surface area (Å²) >= 11 is 0. The van der Waals surface area contributed by atoms with Crippen LogP contribution in [0.3, 0.4) is 0 Å². The number of anilines is 3. The van der Waals surface area contributed by atoms with E-state index < -0.39 is 0 Å². The van der Waals surface area contributed by atoms with Crippen LogP contribution in [0.1, 0.15) is 271 Å². The zero-order valence-corrected chi connectivity index (χ0v) is 63.9. The van der Waals surface area contributed by atoms with E-state index in [1.807, 2.05) is 0 Å². The molecule has 15 rings (SSSR count). The Kier molecular flexibility index (Phi) is 20.7. The van der Waals surface area contributed by atoms with Crippen molar-refractivity contribution in [2.24, 2.45) is 0 Å². The molecule has 0 atom stereocenters. The highest BCUT2D eigenvalue weighted by atomic mass is 16.3. The average molecular weight is 1360 g/mol. The third-order valence-corrected chi connectivity index (χ3v) is 25.1. The first-order valence-electron chi connectivity index (χ1n) is 40.9. The molecule has 0 N–H and O–H groups in total. The first-order valence-corrected chi connectivity index (χ1v) is 40.9. The maximum atomic E-state index is 7.10. The van der Waals surface area contributed by atoms with Crippen LogP contribution in [0, 0.1) is 20.8 Å². The van der Waals surface area contributed by atoms with E-state index in [1.54, 1.807) is 22.3 Å². The van der Waals surface area contributed by atoms with Crippen molar-refractivity contribution >= 4 is 60.9 Å². The minimum Gasteiger partial charge on any atom is -0.456 e. The lowest BCUT2D eigenvalue weighted by Crippen LogP contribution is -2.27. The van der Waals surface area contributed by atoms with Gasteiger partial charge in [0.1, 0.15) is 22.3 Å². The Morgan fingerprint density at radius 3 is 1.37 bits per heavy atom. The Morgan fingerprint density at radius 1 is 0.311 bits per heavy atom. The molecular formula is C100H113NO2. The molecule has 103 heavy (non-hydrogen) atoms. The molecule has 530 valence electrons. The summed E-state index contributed by atoms with van der Waals surface area (Å²) in [5, 5.41) is 4.96. The zero-order valence-electron chi connectivity index (χ0n) is 63.9. The fraction of sp³-hybridized carbons (Fsp3) is 0.400. The molecular weight excluding hydrogens is 1250 g/mol. The van der Waals surface area contributed by atoms with Crippen molar-refractivity contribution in [2.75, 3.05) is 4.90 Å². The molecule has 10 aromatic carbocycles. The maximum Gasteiger partial charge on any atom is 0.143 e. The summed E-state index contributed by atoms with van der Waals surface area (Å²) in [5.74, 6) is 0. The van der Waals surface area contributed by atoms with Gasteiger partial charge >= 0.3 is 0 Å². The van der Waals surface area contributed by atoms with Crippen LogP contribution in [-0.4, -0.2) is 0 Å². The van der Waals surface area contributed by atoms with Gasteiger partial charge in [-0.05, 0) is 208 Å². The van der Waals surface area contributed by atoms with E-state index in [4.69, 9.17) is 8.83 Å². The van der Waals surface area contributed by atoms with Crippen molar-refractivity contribution in [3.05, 3.63) is 232 Å². The highest BCUT2D eigenvalue weighted by Crippen LogP contribution is 2.64. The van der Waals surface area contributed by atoms with Crippen LogP contribution in [0.15, 0.2) is 191 Å². The number of hydrogen-bond donors (Lipinski definition) is 0. The predicted molar refractivity (Wildman–Crippen MR) is 443 cm³/mol. The molecule has 3 nitrogen and oxygen atoms in total. The number of unbranched alkanes of at least 4 members (excludes halogenated alkanes) is 20. The molecule has 3 aliphatic carbocycles. The minimum absolute atomic E-state index is 0.102. The van der Waals surface area contributed by atoms with E-state index in [9.17, 15) is 0 Å². The van der Waals surface area contributed by atoms with E-state index in [-0.39, 0.29) is 16.2 Å². The Morgan fingerprint density at radius 2 is 0.767 bits per heavy atom. The number of fused-ring (bicyclic) bond motifs is 17. The normalized spacial score (nSPS) is 14.2. The summed E-state index contributed by atoms with van der Waals surface area (Å²) < 4.78 is 14.0. The van der Waals surface area contributed by atoms with Gasteiger partial charge in [0.15, 0.2) is 0 Å². The van der Waals surface area contributed by atoms with Crippen LogP contribution < -0.4 is 4.90 Å². The monoisotopic (exact) mass is 1360 g/mol. The first kappa shape index (κ1) is 70.3. The molecule has 3 aliphatic rings. The van der Waals surface area contributed by atoms with Gasteiger partial charge in [0.25, 0.3) is 0 Å². The first-order chi connectivity index (χ1) is 50.4. The summed E-state index contributed by atoms with van der Waals surface area (Å²) in [4.78, 5) is 2.69. The molecule has 2 aromatic heterocycles. The summed E-state index contributed by atoms with van der Waals surface area (Å²) in [6, 6.07) is 71.0. The predicted octanol–water partition coefficient (Wildman–Crippen LogP) is 31.1. The van der Waals surface area contributed by atoms with Gasteiger partial charge in [0.2, 0.25) is 0 Å². The molecule has 0 spiro atoms. The molecule has 0 radical (unpaired) electrons. The largest absolute Gasteiger partial charge is 0.456 e. The highest BCUT2D eigenvalue weighted by Gasteiger charge is 2.49. The molecule has 3 heteroatoms. The smallest absolute Gasteiger partial charge is 0.143 e. The van der Waals surface area contributed by atoms with Gasteiger partial charge in [-0.1, -0.05) is 316 Å². The summed E-state index contributed by atoms with van der Waals surface area (Å²) in [6.07, 6.45) is 35.6. The number of furan rings is 2. The Bertz CT molecular complexity index is 4970. The van der Waals surface area contributed by atoms with Gasteiger partial charge in [-0.25, -0.2) is 0 Å². The Labute approximate surface area is 616 Å². The van der Waals surface area contributed by atoms with Crippen LogP contribution in [0.25, 0.3) is 99.5 Å². The third kappa shape index (κ3) is 12.9. The molecule has 0 amide bonds. The molecule has 0 unspecified atom stereocenters. The van der Waals surface area contributed by atoms with E-state index >= 15 is 0 Å². The Balaban J connectivity index is 0.930. The topological polar surface area (TPSA) is 29.5 Å². The average Bonchev–Trinajstić information content (AvgIpc) is 1.52. The van der Waals surface area contributed by atoms with E-state index in [0.717, 1.165) is 40.7 Å². The second-order valence-corrected chi connectivity index (χ2v) is 32.4. The van der Waals surface area contributed by atoms with Crippen molar-refractivity contribution < 1.29 is 8.83 Å². The SMILES string of the molecule is CCCCCCCCC1(CCCCCCCC)c2cc(N(c3ccc4c(c3)C(C)(C)c3cc(-c5cccc(-c6ccccc6)c5)c5oc6ccccc6c5c3-4)c3c(C)cc(C)cc3C)ccc2-c2cc3c(cc21)-c1c(ccc2oc4ccccc4c12)C3(CCCCCCCC)CCCCCCCC. The van der Waals surface area contributed by atoms with Crippen molar-refractivity contribution in [3.63, 3.8) is 0 Å². The van der Waals surface area contributed by atoms with Gasteiger partial charge in [-0.3, -0.25) is 0 Å². The number of benzene rings is 10. The Hall–Kier alpha value is -8.40. The fourth-order valence-corrected chi connectivity index (χ4v) is 19.9. The summed E-state index contributed by atoms with van der Waals surface area (Å²) in [5.41, 5.74) is 33.1. The van der Waals surface area contributed by atoms with Gasteiger partial charge in [0.05, 0.1) is 5.69 Å². The van der Waals surface area contributed by atoms with Crippen molar-refractivity contribution in [2.45, 2.75) is 258 Å². The number of para-hydroxylation sites is 2. The van der Waals surface area contributed by atoms with Crippen molar-refractivity contribution in [1.82, 2.24) is 0 Å². The van der Waals surface area contributed by atoms with Crippen molar-refractivity contribution in [1.29, 1.82) is 0 Å². The molecule has 2 heterocycles. The fourth-order valence-electron chi connectivity index (χ4n) is 19.9. The second-order valence-electron chi connectivity index (χ2n) is 32.4. The summed E-state index contributed by atoms with van der Waals surface area (Å²) in [6.45, 7) is 21.4. The van der Waals surface area contributed by atoms with E-state index in [2.05, 4.69) is 249 Å². The molecule has 12 aromatic rings. The minimum atomic E-state index is -0.349. The van der Waals surface area contributed by atoms with Crippen LogP contribution >= 0.6 is 0 Å². The van der Waals surface area contributed by atoms with Crippen LogP contribution in [-0.2, 0) is 16.2 Å². The van der Waals surface area contributed by atoms with E-state index in [0.29, 0.717) is 0 Å². The van der Waals surface area contributed by atoms with Gasteiger partial charge in [0, 0.05) is 54.7 Å². The maximum absolute atomic E-state index is 7.10. The van der Waals surface area contributed by atoms with Gasteiger partial charge in [-0.2, -0.15) is 0 Å². The standard InChI is InChI=1S/C100H113NO2/c1-10-14-18-22-26-37-56-99(57-38-27-23-19-15-11-2)83-54-55-91-94(78-46-33-35-48-89(78)102-91)93(83)82-67-86-81(66-87(82)99)76-52-50-75(64-85(76)100(86,58-39-28-24-20-16-12-3)59-40-29-25-21-17-13-4)101(96-69(6)60-68(5)61-70(96)7)74-51-53-77-84(63-74)98(8,9)88-65-80(73-45-41-44-72(62-73)71-42-31-30-32-43-71)97-95(92(77)88)79-47-34-36-49-90(79)103-97/h30-36,41-55,60-67H,10-29,37-40,56-59H2,1-9H3. The lowest BCUT2D eigenvalue weighted by Gasteiger charge is -2.35. The third-order valence-electron chi connectivity index (χ3n) is 25.1. The van der Waals surface area contributed by atoms with Crippen LogP contribution in [0.4, 0.5) is 17.1 Å². The number of aryl methyl sites for hydroxylation is 3. The van der Waals surface area contributed by atoms with Gasteiger partial charge < -0.3 is 13.7 Å². The lowest BCUT2D eigenvalue weighted by molar-refractivity contribution is 0.394. The quantitative estimate of drug-likeness (QED) is 0.0384. The molecule has 0 saturated carbocycles. The lowest BCUT2D eigenvalue weighted by atomic mass is 9.68. The van der Waals surface area contributed by atoms with Crippen LogP contribution in [0.2, 0.25) is 0 Å². The van der Waals surface area contributed by atoms with E-state index in [1.165, 1.54) is 283 Å². The molecule has 0 bridgehead atoms. The second kappa shape index (κ2) is 30.4. The zero-order chi connectivity index (χ0) is 70.8. The number of hydrogen-bond acceptors (Lipinski definition) is 3. The molecule has 0 fully saturated rings. The number of rotatable bonds is 33. The van der Waals surface area contributed by atoms with Crippen molar-refractivity contribution in [3.8, 4) is 55.6 Å². The van der Waals surface area contributed by atoms with Crippen LogP contribution in [0.5, 0.6) is 0 Å². The molecule has 0 saturated heterocycles. The summed E-state index contributed by atoms with van der Waals surface area (Å²) in [7, 11) is 0. The molecule has 0 aliphatic heterocycles. The highest BCUT2D eigenvalue weighted by molar-refractivity contribution is 6.19. The van der Waals surface area contributed by atoms with Gasteiger partial charge in [-0.15, -0.1) is 0 Å². The number of nitrogens with zero attached hydrogens (tertiary/aromatic N) is 1.